The SMILES string of the molecule is CN(C)[C@]1(c2ccccc2)CC[C@@](C)(CN(C(N)=O)c2cnc(NC(=O)C3CC3)nc2)CC1. The van der Waals surface area contributed by atoms with E-state index in [0.717, 1.165) is 38.5 Å². The van der Waals surface area contributed by atoms with Crippen LogP contribution in [0.2, 0.25) is 0 Å². The summed E-state index contributed by atoms with van der Waals surface area (Å²) in [5.74, 6) is 0.279. The van der Waals surface area contributed by atoms with Crippen molar-refractivity contribution in [1.29, 1.82) is 0 Å². The number of rotatable bonds is 7. The minimum atomic E-state index is -0.526. The maximum Gasteiger partial charge on any atom is 0.319 e. The summed E-state index contributed by atoms with van der Waals surface area (Å²) in [6, 6.07) is 10.1. The lowest BCUT2D eigenvalue weighted by Gasteiger charge is -2.50. The Kier molecular flexibility index (Phi) is 6.38. The Morgan fingerprint density at radius 1 is 1.06 bits per heavy atom. The maximum atomic E-state index is 12.3. The summed E-state index contributed by atoms with van der Waals surface area (Å²) in [4.78, 5) is 36.6. The van der Waals surface area contributed by atoms with Gasteiger partial charge in [0, 0.05) is 18.0 Å². The van der Waals surface area contributed by atoms with Crippen LogP contribution in [-0.2, 0) is 10.3 Å². The van der Waals surface area contributed by atoms with E-state index >= 15 is 0 Å². The minimum Gasteiger partial charge on any atom is -0.351 e. The molecular weight excluding hydrogens is 416 g/mol. The number of urea groups is 1. The quantitative estimate of drug-likeness (QED) is 0.669. The van der Waals surface area contributed by atoms with Crippen molar-refractivity contribution in [2.45, 2.75) is 51.0 Å². The second-order valence-electron chi connectivity index (χ2n) is 10.1. The first-order valence-electron chi connectivity index (χ1n) is 11.7. The normalized spacial score (nSPS) is 25.0. The van der Waals surface area contributed by atoms with Crippen molar-refractivity contribution in [3.63, 3.8) is 0 Å². The molecule has 2 saturated carbocycles. The van der Waals surface area contributed by atoms with E-state index in [1.54, 1.807) is 17.3 Å². The second-order valence-corrected chi connectivity index (χ2v) is 10.1. The maximum absolute atomic E-state index is 12.3. The van der Waals surface area contributed by atoms with Crippen molar-refractivity contribution in [2.24, 2.45) is 17.1 Å². The highest BCUT2D eigenvalue weighted by atomic mass is 16.2. The Morgan fingerprint density at radius 3 is 2.18 bits per heavy atom. The van der Waals surface area contributed by atoms with Gasteiger partial charge in [0.15, 0.2) is 0 Å². The molecule has 0 atom stereocenters. The molecule has 1 aromatic heterocycles. The van der Waals surface area contributed by atoms with Crippen LogP contribution in [-0.4, -0.2) is 47.4 Å². The number of amides is 3. The third-order valence-electron chi connectivity index (χ3n) is 7.39. The number of hydrogen-bond acceptors (Lipinski definition) is 5. The lowest BCUT2D eigenvalue weighted by molar-refractivity contribution is -0.117. The number of nitrogens with two attached hydrogens (primary N) is 1. The van der Waals surface area contributed by atoms with Crippen LogP contribution in [0.25, 0.3) is 0 Å². The summed E-state index contributed by atoms with van der Waals surface area (Å²) in [5, 5.41) is 2.72. The Labute approximate surface area is 195 Å². The van der Waals surface area contributed by atoms with E-state index in [0.29, 0.717) is 12.2 Å². The van der Waals surface area contributed by atoms with Crippen LogP contribution in [0.5, 0.6) is 0 Å². The van der Waals surface area contributed by atoms with Gasteiger partial charge >= 0.3 is 6.03 Å². The van der Waals surface area contributed by atoms with E-state index in [-0.39, 0.29) is 28.7 Å². The van der Waals surface area contributed by atoms with E-state index in [1.807, 2.05) is 0 Å². The fourth-order valence-electron chi connectivity index (χ4n) is 4.93. The van der Waals surface area contributed by atoms with Gasteiger partial charge < -0.3 is 5.73 Å². The first-order valence-corrected chi connectivity index (χ1v) is 11.7. The van der Waals surface area contributed by atoms with Gasteiger partial charge in [-0.05, 0) is 63.6 Å². The number of primary amides is 1. The number of carbonyl (C=O) groups is 2. The molecule has 176 valence electrons. The van der Waals surface area contributed by atoms with Crippen LogP contribution >= 0.6 is 0 Å². The van der Waals surface area contributed by atoms with E-state index < -0.39 is 6.03 Å². The van der Waals surface area contributed by atoms with Gasteiger partial charge in [-0.3, -0.25) is 19.9 Å². The number of carbonyl (C=O) groups excluding carboxylic acids is 2. The lowest BCUT2D eigenvalue weighted by atomic mass is 9.65. The van der Waals surface area contributed by atoms with Crippen LogP contribution < -0.4 is 16.0 Å². The van der Waals surface area contributed by atoms with E-state index in [1.165, 1.54) is 5.56 Å². The molecular formula is C25H34N6O2. The van der Waals surface area contributed by atoms with Gasteiger partial charge in [-0.2, -0.15) is 0 Å². The van der Waals surface area contributed by atoms with Gasteiger partial charge in [0.25, 0.3) is 0 Å². The van der Waals surface area contributed by atoms with Gasteiger partial charge in [0.2, 0.25) is 11.9 Å². The monoisotopic (exact) mass is 450 g/mol. The van der Waals surface area contributed by atoms with Gasteiger partial charge in [0.05, 0.1) is 18.1 Å². The largest absolute Gasteiger partial charge is 0.351 e. The number of nitrogens with one attached hydrogen (secondary N) is 1. The van der Waals surface area contributed by atoms with Gasteiger partial charge in [0.1, 0.15) is 0 Å². The molecule has 8 nitrogen and oxygen atoms in total. The molecule has 1 aromatic carbocycles. The molecule has 3 amide bonds. The molecule has 4 rings (SSSR count). The zero-order chi connectivity index (χ0) is 23.6. The number of anilines is 2. The molecule has 0 spiro atoms. The Morgan fingerprint density at radius 2 is 1.67 bits per heavy atom. The molecule has 8 heteroatoms. The highest BCUT2D eigenvalue weighted by molar-refractivity contribution is 5.93. The zero-order valence-corrected chi connectivity index (χ0v) is 19.8. The lowest BCUT2D eigenvalue weighted by Crippen LogP contribution is -2.50. The fourth-order valence-corrected chi connectivity index (χ4v) is 4.93. The summed E-state index contributed by atoms with van der Waals surface area (Å²) in [6.45, 7) is 2.72. The number of benzene rings is 1. The molecule has 0 aliphatic heterocycles. The summed E-state index contributed by atoms with van der Waals surface area (Å²) in [6.07, 6.45) is 8.85. The molecule has 2 fully saturated rings. The van der Waals surface area contributed by atoms with E-state index in [2.05, 4.69) is 71.5 Å². The highest BCUT2D eigenvalue weighted by Gasteiger charge is 2.44. The predicted molar refractivity (Wildman–Crippen MR) is 129 cm³/mol. The summed E-state index contributed by atoms with van der Waals surface area (Å²) in [7, 11) is 4.29. The average molecular weight is 451 g/mol. The van der Waals surface area contributed by atoms with Crippen LogP contribution in [0.4, 0.5) is 16.4 Å². The molecule has 0 radical (unpaired) electrons. The second kappa shape index (κ2) is 9.09. The van der Waals surface area contributed by atoms with Gasteiger partial charge in [-0.25, -0.2) is 14.8 Å². The molecule has 33 heavy (non-hydrogen) atoms. The van der Waals surface area contributed by atoms with E-state index in [4.69, 9.17) is 5.73 Å². The summed E-state index contributed by atoms with van der Waals surface area (Å²) in [5.41, 5.74) is 7.54. The van der Waals surface area contributed by atoms with Crippen molar-refractivity contribution in [3.05, 3.63) is 48.3 Å². The third-order valence-corrected chi connectivity index (χ3v) is 7.39. The smallest absolute Gasteiger partial charge is 0.319 e. The predicted octanol–water partition coefficient (Wildman–Crippen LogP) is 3.75. The Balaban J connectivity index is 1.46. The minimum absolute atomic E-state index is 0.0111. The average Bonchev–Trinajstić information content (AvgIpc) is 3.65. The summed E-state index contributed by atoms with van der Waals surface area (Å²) < 4.78 is 0. The van der Waals surface area contributed by atoms with Crippen molar-refractivity contribution >= 4 is 23.6 Å². The molecule has 2 aromatic rings. The third kappa shape index (κ3) is 5.00. The Hall–Kier alpha value is -3.00. The van der Waals surface area contributed by atoms with E-state index in [9.17, 15) is 9.59 Å². The van der Waals surface area contributed by atoms with Crippen LogP contribution in [0.15, 0.2) is 42.7 Å². The number of nitrogens with zero attached hydrogens (tertiary/aromatic N) is 4. The fraction of sp³-hybridized carbons (Fsp3) is 0.520. The molecule has 0 unspecified atom stereocenters. The van der Waals surface area contributed by atoms with Crippen molar-refractivity contribution in [1.82, 2.24) is 14.9 Å². The van der Waals surface area contributed by atoms with Crippen LogP contribution in [0, 0.1) is 11.3 Å². The molecule has 0 saturated heterocycles. The molecule has 1 heterocycles. The number of aromatic nitrogens is 2. The van der Waals surface area contributed by atoms with Crippen molar-refractivity contribution in [3.8, 4) is 0 Å². The van der Waals surface area contributed by atoms with Gasteiger partial charge in [-0.1, -0.05) is 37.3 Å². The topological polar surface area (TPSA) is 104 Å². The van der Waals surface area contributed by atoms with Crippen LogP contribution in [0.1, 0.15) is 51.0 Å². The molecule has 2 aliphatic carbocycles. The molecule has 0 bridgehead atoms. The zero-order valence-electron chi connectivity index (χ0n) is 19.8. The summed E-state index contributed by atoms with van der Waals surface area (Å²) >= 11 is 0. The molecule has 2 aliphatic rings. The molecule has 3 N–H and O–H groups in total. The first kappa shape index (κ1) is 23.2. The van der Waals surface area contributed by atoms with Gasteiger partial charge in [-0.15, -0.1) is 0 Å². The Bertz CT molecular complexity index is 980. The highest BCUT2D eigenvalue weighted by Crippen LogP contribution is 2.48. The van der Waals surface area contributed by atoms with Crippen LogP contribution in [0.3, 0.4) is 0 Å². The first-order chi connectivity index (χ1) is 15.7. The standard InChI is InChI=1S/C25H34N6O2/c1-24(11-13-25(14-12-24,30(2)3)19-7-5-4-6-8-19)17-31(22(26)33)20-15-27-23(28-16-20)29-21(32)18-9-10-18/h4-8,15-16,18H,9-14,17H2,1-3H3,(H2,26,33)(H,27,28,29,32)/t24-,25-. The van der Waals surface area contributed by atoms with Crippen molar-refractivity contribution < 1.29 is 9.59 Å². The number of hydrogen-bond donors (Lipinski definition) is 2. The van der Waals surface area contributed by atoms with Crippen molar-refractivity contribution in [2.75, 3.05) is 30.9 Å².